The molecule has 33 heavy (non-hydrogen) atoms. The lowest BCUT2D eigenvalue weighted by Gasteiger charge is -2.32. The summed E-state index contributed by atoms with van der Waals surface area (Å²) in [5.74, 6) is 2.38. The third-order valence-electron chi connectivity index (χ3n) is 6.47. The Morgan fingerprint density at radius 2 is 1.79 bits per heavy atom. The molecule has 1 saturated heterocycles. The van der Waals surface area contributed by atoms with Gasteiger partial charge in [-0.25, -0.2) is 9.37 Å². The minimum Gasteiger partial charge on any atom is -0.367 e. The number of benzene rings is 2. The van der Waals surface area contributed by atoms with Crippen molar-refractivity contribution in [2.45, 2.75) is 25.8 Å². The third kappa shape index (κ3) is 5.37. The zero-order chi connectivity index (χ0) is 22.5. The van der Waals surface area contributed by atoms with Crippen molar-refractivity contribution in [2.75, 3.05) is 31.5 Å². The number of imidazole rings is 1. The summed E-state index contributed by atoms with van der Waals surface area (Å²) in [5.41, 5.74) is 3.26. The van der Waals surface area contributed by atoms with Crippen molar-refractivity contribution in [3.63, 3.8) is 0 Å². The Kier molecular flexibility index (Phi) is 6.58. The zero-order valence-corrected chi connectivity index (χ0v) is 18.7. The number of likely N-dealkylation sites (tertiary alicyclic amines) is 1. The average Bonchev–Trinajstić information content (AvgIpc) is 3.19. The highest BCUT2D eigenvalue weighted by atomic mass is 19.1. The number of nitrogens with zero attached hydrogens (tertiary/aromatic N) is 5. The van der Waals surface area contributed by atoms with Crippen molar-refractivity contribution in [1.29, 1.82) is 0 Å². The fourth-order valence-electron chi connectivity index (χ4n) is 4.64. The molecule has 7 heteroatoms. The van der Waals surface area contributed by atoms with Crippen molar-refractivity contribution in [3.05, 3.63) is 84.1 Å². The van der Waals surface area contributed by atoms with Gasteiger partial charge in [0.1, 0.15) is 17.5 Å². The molecule has 1 N–H and O–H groups in total. The summed E-state index contributed by atoms with van der Waals surface area (Å²) in [6, 6.07) is 18.9. The molecule has 6 nitrogen and oxygen atoms in total. The normalized spacial score (nSPS) is 15.2. The molecule has 170 valence electrons. The van der Waals surface area contributed by atoms with Crippen molar-refractivity contribution in [3.8, 4) is 0 Å². The largest absolute Gasteiger partial charge is 0.367 e. The second kappa shape index (κ2) is 10.1. The predicted molar refractivity (Wildman–Crippen MR) is 129 cm³/mol. The lowest BCUT2D eigenvalue weighted by Crippen LogP contribution is -2.37. The van der Waals surface area contributed by atoms with Crippen LogP contribution in [-0.4, -0.2) is 50.8 Å². The number of halogens is 1. The Morgan fingerprint density at radius 1 is 0.970 bits per heavy atom. The van der Waals surface area contributed by atoms with Crippen LogP contribution in [0.5, 0.6) is 0 Å². The van der Waals surface area contributed by atoms with E-state index in [0.717, 1.165) is 60.8 Å². The van der Waals surface area contributed by atoms with Gasteiger partial charge in [0.15, 0.2) is 0 Å². The Labute approximate surface area is 193 Å². The minimum atomic E-state index is -0.201. The Bertz CT molecular complexity index is 1170. The molecule has 1 fully saturated rings. The maximum Gasteiger partial charge on any atom is 0.148 e. The van der Waals surface area contributed by atoms with Crippen LogP contribution in [0.25, 0.3) is 11.0 Å². The van der Waals surface area contributed by atoms with Crippen molar-refractivity contribution in [1.82, 2.24) is 24.6 Å². The van der Waals surface area contributed by atoms with Crippen LogP contribution in [0.1, 0.15) is 24.2 Å². The van der Waals surface area contributed by atoms with Crippen LogP contribution in [-0.2, 0) is 13.0 Å². The van der Waals surface area contributed by atoms with Crippen LogP contribution >= 0.6 is 0 Å². The molecule has 4 aromatic rings. The van der Waals surface area contributed by atoms with Gasteiger partial charge in [-0.1, -0.05) is 24.3 Å². The first-order valence-electron chi connectivity index (χ1n) is 11.7. The van der Waals surface area contributed by atoms with E-state index in [1.54, 1.807) is 6.20 Å². The quantitative estimate of drug-likeness (QED) is 0.437. The second-order valence-electron chi connectivity index (χ2n) is 8.75. The molecule has 0 atom stereocenters. The summed E-state index contributed by atoms with van der Waals surface area (Å²) in [4.78, 5) is 7.49. The second-order valence-corrected chi connectivity index (χ2v) is 8.75. The molecule has 0 amide bonds. The van der Waals surface area contributed by atoms with E-state index in [9.17, 15) is 4.39 Å². The molecule has 0 bridgehead atoms. The van der Waals surface area contributed by atoms with Crippen molar-refractivity contribution >= 4 is 16.9 Å². The van der Waals surface area contributed by atoms with E-state index in [0.29, 0.717) is 12.5 Å². The maximum absolute atomic E-state index is 13.4. The van der Waals surface area contributed by atoms with Crippen LogP contribution in [0.3, 0.4) is 0 Å². The number of aromatic nitrogens is 4. The van der Waals surface area contributed by atoms with Crippen LogP contribution < -0.4 is 5.32 Å². The zero-order valence-electron chi connectivity index (χ0n) is 18.7. The summed E-state index contributed by atoms with van der Waals surface area (Å²) in [5, 5.41) is 11.3. The number of para-hydroxylation sites is 2. The minimum absolute atomic E-state index is 0.201. The molecule has 3 heterocycles. The number of anilines is 1. The molecule has 0 spiro atoms. The highest BCUT2D eigenvalue weighted by Gasteiger charge is 2.22. The smallest absolute Gasteiger partial charge is 0.148 e. The first-order valence-corrected chi connectivity index (χ1v) is 11.7. The van der Waals surface area contributed by atoms with Gasteiger partial charge in [-0.05, 0) is 73.8 Å². The molecule has 0 unspecified atom stereocenters. The van der Waals surface area contributed by atoms with E-state index in [2.05, 4.69) is 43.2 Å². The van der Waals surface area contributed by atoms with Crippen LogP contribution in [0.15, 0.2) is 66.9 Å². The van der Waals surface area contributed by atoms with Gasteiger partial charge in [0.05, 0.1) is 11.0 Å². The number of hydrogen-bond donors (Lipinski definition) is 1. The van der Waals surface area contributed by atoms with Gasteiger partial charge < -0.3 is 14.8 Å². The van der Waals surface area contributed by atoms with Crippen molar-refractivity contribution < 1.29 is 4.39 Å². The topological polar surface area (TPSA) is 58.9 Å². The average molecular weight is 445 g/mol. The first-order chi connectivity index (χ1) is 16.2. The molecular weight excluding hydrogens is 415 g/mol. The van der Waals surface area contributed by atoms with Gasteiger partial charge in [0.2, 0.25) is 0 Å². The third-order valence-corrected chi connectivity index (χ3v) is 6.47. The molecule has 2 aromatic carbocycles. The lowest BCUT2D eigenvalue weighted by molar-refractivity contribution is 0.188. The Morgan fingerprint density at radius 3 is 2.58 bits per heavy atom. The lowest BCUT2D eigenvalue weighted by atomic mass is 9.93. The van der Waals surface area contributed by atoms with E-state index in [-0.39, 0.29) is 5.82 Å². The predicted octanol–water partition coefficient (Wildman–Crippen LogP) is 4.38. The van der Waals surface area contributed by atoms with E-state index in [1.165, 1.54) is 25.0 Å². The van der Waals surface area contributed by atoms with E-state index in [1.807, 2.05) is 30.3 Å². The molecule has 1 aliphatic heterocycles. The van der Waals surface area contributed by atoms with Crippen molar-refractivity contribution in [2.24, 2.45) is 5.92 Å². The van der Waals surface area contributed by atoms with E-state index >= 15 is 0 Å². The number of fused-ring (bicyclic) bond motifs is 1. The molecule has 5 rings (SSSR count). The van der Waals surface area contributed by atoms with Gasteiger partial charge in [-0.3, -0.25) is 0 Å². The first kappa shape index (κ1) is 21.5. The Balaban J connectivity index is 1.20. The summed E-state index contributed by atoms with van der Waals surface area (Å²) in [7, 11) is 0. The van der Waals surface area contributed by atoms with Crippen LogP contribution in [0, 0.1) is 11.7 Å². The summed E-state index contributed by atoms with van der Waals surface area (Å²) in [6.07, 6.45) is 5.00. The fourth-order valence-corrected chi connectivity index (χ4v) is 4.64. The molecular formula is C26H29FN6. The van der Waals surface area contributed by atoms with Gasteiger partial charge in [0.25, 0.3) is 0 Å². The molecule has 2 aromatic heterocycles. The van der Waals surface area contributed by atoms with Crippen LogP contribution in [0.2, 0.25) is 0 Å². The monoisotopic (exact) mass is 444 g/mol. The summed E-state index contributed by atoms with van der Waals surface area (Å²) >= 11 is 0. The molecule has 0 aliphatic carbocycles. The highest BCUT2D eigenvalue weighted by Crippen LogP contribution is 2.25. The fraction of sp³-hybridized carbons (Fsp3) is 0.346. The van der Waals surface area contributed by atoms with E-state index < -0.39 is 0 Å². The summed E-state index contributed by atoms with van der Waals surface area (Å²) in [6.45, 7) is 4.79. The van der Waals surface area contributed by atoms with Gasteiger partial charge in [0, 0.05) is 32.3 Å². The standard InChI is InChI=1S/C26H29FN6/c27-22-9-7-21(8-10-22)19-33-24-5-2-1-4-23(24)30-26(33)18-20-11-15-32(16-12-20)17-14-28-25-6-3-13-29-31-25/h1-10,13,20H,11-12,14-19H2,(H,28,31). The van der Waals surface area contributed by atoms with E-state index in [4.69, 9.17) is 4.98 Å². The van der Waals surface area contributed by atoms with Gasteiger partial charge in [-0.15, -0.1) is 5.10 Å². The van der Waals surface area contributed by atoms with Crippen LogP contribution in [0.4, 0.5) is 10.2 Å². The molecule has 1 aliphatic rings. The molecule has 0 radical (unpaired) electrons. The number of nitrogens with one attached hydrogen (secondary N) is 1. The number of hydrogen-bond acceptors (Lipinski definition) is 5. The molecule has 0 saturated carbocycles. The number of rotatable bonds is 8. The summed E-state index contributed by atoms with van der Waals surface area (Å²) < 4.78 is 15.7. The maximum atomic E-state index is 13.4. The number of piperidine rings is 1. The highest BCUT2D eigenvalue weighted by molar-refractivity contribution is 5.76. The Hall–Kier alpha value is -3.32. The van der Waals surface area contributed by atoms with Gasteiger partial charge >= 0.3 is 0 Å². The SMILES string of the molecule is Fc1ccc(Cn2c(CC3CCN(CCNc4cccnn4)CC3)nc3ccccc32)cc1. The van der Waals surface area contributed by atoms with Gasteiger partial charge in [-0.2, -0.15) is 5.10 Å².